The Balaban J connectivity index is 1.59. The Morgan fingerprint density at radius 3 is 1.43 bits per heavy atom. The topological polar surface area (TPSA) is 93.7 Å². The second-order valence-corrected chi connectivity index (χ2v) is 6.28. The van der Waals surface area contributed by atoms with Crippen molar-refractivity contribution in [3.63, 3.8) is 0 Å². The van der Waals surface area contributed by atoms with Crippen LogP contribution in [0.25, 0.3) is 11.1 Å². The van der Waals surface area contributed by atoms with Crippen LogP contribution in [-0.2, 0) is 4.74 Å². The van der Waals surface area contributed by atoms with Gasteiger partial charge >= 0.3 is 5.97 Å². The van der Waals surface area contributed by atoms with Crippen LogP contribution >= 0.6 is 0 Å². The first-order valence-electron chi connectivity index (χ1n) is 9.05. The van der Waals surface area contributed by atoms with E-state index in [1.165, 1.54) is 31.4 Å². The molecule has 0 heterocycles. The molecule has 0 atom stereocenters. The minimum atomic E-state index is -0.505. The van der Waals surface area contributed by atoms with Crippen LogP contribution in [0.15, 0.2) is 72.8 Å². The highest BCUT2D eigenvalue weighted by molar-refractivity contribution is 6.00. The van der Waals surface area contributed by atoms with Crippen LogP contribution in [-0.4, -0.2) is 32.0 Å². The number of carbonyl (C=O) groups excluding carboxylic acids is 3. The summed E-state index contributed by atoms with van der Waals surface area (Å²) in [7, 11) is 2.89. The van der Waals surface area contributed by atoms with E-state index in [0.717, 1.165) is 16.9 Å². The first-order chi connectivity index (χ1) is 14.5. The first-order valence-corrected chi connectivity index (χ1v) is 9.05. The minimum Gasteiger partial charge on any atom is -0.497 e. The van der Waals surface area contributed by atoms with E-state index in [-0.39, 0.29) is 5.56 Å². The monoisotopic (exact) mass is 404 g/mol. The van der Waals surface area contributed by atoms with Gasteiger partial charge in [0.15, 0.2) is 0 Å². The molecule has 0 unspecified atom stereocenters. The molecule has 0 aromatic heterocycles. The highest BCUT2D eigenvalue weighted by atomic mass is 16.5. The van der Waals surface area contributed by atoms with Crippen LogP contribution in [0.4, 0.5) is 0 Å². The van der Waals surface area contributed by atoms with Gasteiger partial charge in [-0.1, -0.05) is 24.3 Å². The molecule has 0 radical (unpaired) electrons. The number of nitrogens with one attached hydrogen (secondary N) is 2. The number of carbonyl (C=O) groups is 3. The number of methoxy groups -OCH3 is 2. The van der Waals surface area contributed by atoms with E-state index in [4.69, 9.17) is 4.74 Å². The first kappa shape index (κ1) is 20.6. The summed E-state index contributed by atoms with van der Waals surface area (Å²) in [5, 5.41) is 0. The molecule has 0 saturated heterocycles. The number of rotatable bonds is 5. The van der Waals surface area contributed by atoms with Crippen molar-refractivity contribution in [2.75, 3.05) is 14.2 Å². The van der Waals surface area contributed by atoms with Gasteiger partial charge in [-0.25, -0.2) is 4.79 Å². The molecule has 0 spiro atoms. The summed E-state index contributed by atoms with van der Waals surface area (Å²) in [4.78, 5) is 35.9. The predicted molar refractivity (Wildman–Crippen MR) is 111 cm³/mol. The molecule has 0 bridgehead atoms. The van der Waals surface area contributed by atoms with Crippen LogP contribution in [0, 0.1) is 0 Å². The van der Waals surface area contributed by atoms with Crippen LogP contribution in [0.3, 0.4) is 0 Å². The van der Waals surface area contributed by atoms with Crippen molar-refractivity contribution in [2.24, 2.45) is 0 Å². The summed E-state index contributed by atoms with van der Waals surface area (Å²) in [5.74, 6) is -0.677. The van der Waals surface area contributed by atoms with E-state index < -0.39 is 17.8 Å². The van der Waals surface area contributed by atoms with Crippen molar-refractivity contribution in [2.45, 2.75) is 0 Å². The molecule has 3 rings (SSSR count). The highest BCUT2D eigenvalue weighted by Gasteiger charge is 2.11. The average molecular weight is 404 g/mol. The number of hydrazine groups is 1. The van der Waals surface area contributed by atoms with E-state index in [0.29, 0.717) is 11.1 Å². The maximum absolute atomic E-state index is 12.3. The Bertz CT molecular complexity index is 1040. The van der Waals surface area contributed by atoms with Gasteiger partial charge in [-0.3, -0.25) is 20.4 Å². The quantitative estimate of drug-likeness (QED) is 0.503. The molecular weight excluding hydrogens is 384 g/mol. The zero-order chi connectivity index (χ0) is 21.5. The number of amides is 2. The van der Waals surface area contributed by atoms with Gasteiger partial charge in [-0.05, 0) is 59.7 Å². The van der Waals surface area contributed by atoms with Crippen molar-refractivity contribution in [1.82, 2.24) is 10.9 Å². The lowest BCUT2D eigenvalue weighted by atomic mass is 10.0. The lowest BCUT2D eigenvalue weighted by Crippen LogP contribution is -2.41. The third kappa shape index (κ3) is 4.82. The molecule has 7 heteroatoms. The van der Waals surface area contributed by atoms with Crippen molar-refractivity contribution < 1.29 is 23.9 Å². The molecule has 2 amide bonds. The second kappa shape index (κ2) is 9.38. The third-order valence-corrected chi connectivity index (χ3v) is 4.43. The number of ether oxygens (including phenoxy) is 2. The van der Waals surface area contributed by atoms with Crippen molar-refractivity contribution in [1.29, 1.82) is 0 Å². The summed E-state index contributed by atoms with van der Waals surface area (Å²) in [6, 6.07) is 20.5. The molecule has 2 N–H and O–H groups in total. The molecular formula is C23H20N2O5. The highest BCUT2D eigenvalue weighted by Crippen LogP contribution is 2.22. The van der Waals surface area contributed by atoms with E-state index in [1.807, 2.05) is 36.4 Å². The lowest BCUT2D eigenvalue weighted by Gasteiger charge is -2.09. The van der Waals surface area contributed by atoms with Gasteiger partial charge < -0.3 is 9.47 Å². The SMILES string of the molecule is COC(=O)c1ccc(C(=O)NNC(=O)c2ccc(-c3ccc(OC)cc3)cc2)cc1. The zero-order valence-corrected chi connectivity index (χ0v) is 16.5. The van der Waals surface area contributed by atoms with Crippen molar-refractivity contribution >= 4 is 17.8 Å². The standard InChI is InChI=1S/C23H20N2O5/c1-29-20-13-11-16(12-14-20)15-3-5-17(6-4-15)21(26)24-25-22(27)18-7-9-19(10-8-18)23(28)30-2/h3-14H,1-2H3,(H,24,26)(H,25,27). The molecule has 0 aliphatic heterocycles. The molecule has 0 fully saturated rings. The fraction of sp³-hybridized carbons (Fsp3) is 0.0870. The van der Waals surface area contributed by atoms with Crippen LogP contribution in [0.5, 0.6) is 5.75 Å². The molecule has 3 aromatic rings. The molecule has 3 aromatic carbocycles. The smallest absolute Gasteiger partial charge is 0.337 e. The summed E-state index contributed by atoms with van der Waals surface area (Å²) < 4.78 is 9.76. The van der Waals surface area contributed by atoms with E-state index >= 15 is 0 Å². The maximum atomic E-state index is 12.3. The number of benzene rings is 3. The van der Waals surface area contributed by atoms with Crippen molar-refractivity contribution in [3.05, 3.63) is 89.5 Å². The molecule has 0 saturated carbocycles. The largest absolute Gasteiger partial charge is 0.497 e. The minimum absolute atomic E-state index is 0.290. The zero-order valence-electron chi connectivity index (χ0n) is 16.5. The summed E-state index contributed by atoms with van der Waals surface area (Å²) in [6.45, 7) is 0. The number of hydrogen-bond acceptors (Lipinski definition) is 5. The second-order valence-electron chi connectivity index (χ2n) is 6.28. The van der Waals surface area contributed by atoms with Crippen molar-refractivity contribution in [3.8, 4) is 16.9 Å². The van der Waals surface area contributed by atoms with Gasteiger partial charge in [0.1, 0.15) is 5.75 Å². The maximum Gasteiger partial charge on any atom is 0.337 e. The Morgan fingerprint density at radius 1 is 0.600 bits per heavy atom. The third-order valence-electron chi connectivity index (χ3n) is 4.43. The number of esters is 1. The predicted octanol–water partition coefficient (Wildman–Crippen LogP) is 3.22. The van der Waals surface area contributed by atoms with Crippen LogP contribution < -0.4 is 15.6 Å². The lowest BCUT2D eigenvalue weighted by molar-refractivity contribution is 0.0600. The van der Waals surface area contributed by atoms with Gasteiger partial charge in [0.2, 0.25) is 0 Å². The Labute approximate surface area is 173 Å². The Hall–Kier alpha value is -4.13. The molecule has 7 nitrogen and oxygen atoms in total. The van der Waals surface area contributed by atoms with Gasteiger partial charge in [-0.15, -0.1) is 0 Å². The van der Waals surface area contributed by atoms with Gasteiger partial charge in [0, 0.05) is 11.1 Å². The summed E-state index contributed by atoms with van der Waals surface area (Å²) in [5.41, 5.74) is 7.68. The average Bonchev–Trinajstić information content (AvgIpc) is 2.82. The number of hydrogen-bond donors (Lipinski definition) is 2. The molecule has 0 aliphatic rings. The van der Waals surface area contributed by atoms with E-state index in [1.54, 1.807) is 19.2 Å². The van der Waals surface area contributed by atoms with Crippen LogP contribution in [0.2, 0.25) is 0 Å². The van der Waals surface area contributed by atoms with Gasteiger partial charge in [0.05, 0.1) is 19.8 Å². The summed E-state index contributed by atoms with van der Waals surface area (Å²) >= 11 is 0. The van der Waals surface area contributed by atoms with Gasteiger partial charge in [-0.2, -0.15) is 0 Å². The Morgan fingerprint density at radius 2 is 1.00 bits per heavy atom. The fourth-order valence-electron chi connectivity index (χ4n) is 2.73. The molecule has 30 heavy (non-hydrogen) atoms. The molecule has 152 valence electrons. The van der Waals surface area contributed by atoms with Crippen LogP contribution in [0.1, 0.15) is 31.1 Å². The van der Waals surface area contributed by atoms with E-state index in [9.17, 15) is 14.4 Å². The fourth-order valence-corrected chi connectivity index (χ4v) is 2.73. The van der Waals surface area contributed by atoms with Gasteiger partial charge in [0.25, 0.3) is 11.8 Å². The molecule has 0 aliphatic carbocycles. The summed E-state index contributed by atoms with van der Waals surface area (Å²) in [6.07, 6.45) is 0. The van der Waals surface area contributed by atoms with E-state index in [2.05, 4.69) is 15.6 Å². The Kier molecular flexibility index (Phi) is 6.44. The normalized spacial score (nSPS) is 10.1.